The molecule has 7 heteroatoms. The standard InChI is InChI=1S/C21H15FN2O4/c1-2-16(23-18(25)12-7-3-4-8-13(12)19(23)26)17(11-22)24-20(27)14-9-5-6-10-15(14)21(24)28/h2-10,17H,11H2,1H3. The van der Waals surface area contributed by atoms with E-state index in [9.17, 15) is 23.6 Å². The van der Waals surface area contributed by atoms with Gasteiger partial charge in [0.15, 0.2) is 0 Å². The van der Waals surface area contributed by atoms with Crippen LogP contribution in [-0.4, -0.2) is 46.1 Å². The number of carbonyl (C=O) groups is 4. The first-order valence-electron chi connectivity index (χ1n) is 8.68. The van der Waals surface area contributed by atoms with Crippen LogP contribution in [0.15, 0.2) is 60.3 Å². The summed E-state index contributed by atoms with van der Waals surface area (Å²) >= 11 is 0. The van der Waals surface area contributed by atoms with Gasteiger partial charge >= 0.3 is 0 Å². The molecule has 2 aromatic rings. The van der Waals surface area contributed by atoms with E-state index >= 15 is 0 Å². The summed E-state index contributed by atoms with van der Waals surface area (Å²) in [6.07, 6.45) is 1.38. The molecule has 4 amide bonds. The van der Waals surface area contributed by atoms with Crippen LogP contribution in [0.1, 0.15) is 48.4 Å². The lowest BCUT2D eigenvalue weighted by molar-refractivity contribution is 0.0519. The van der Waals surface area contributed by atoms with E-state index in [4.69, 9.17) is 0 Å². The van der Waals surface area contributed by atoms with Crippen molar-refractivity contribution >= 4 is 23.6 Å². The quantitative estimate of drug-likeness (QED) is 0.767. The van der Waals surface area contributed by atoms with Gasteiger partial charge in [-0.2, -0.15) is 0 Å². The third kappa shape index (κ3) is 2.32. The molecule has 1 atom stereocenters. The van der Waals surface area contributed by atoms with Gasteiger partial charge in [-0.25, -0.2) is 9.29 Å². The number of hydrogen-bond donors (Lipinski definition) is 0. The maximum Gasteiger partial charge on any atom is 0.265 e. The summed E-state index contributed by atoms with van der Waals surface area (Å²) in [5, 5.41) is 0. The molecule has 0 aromatic heterocycles. The summed E-state index contributed by atoms with van der Waals surface area (Å²) in [6, 6.07) is 11.1. The van der Waals surface area contributed by atoms with Crippen molar-refractivity contribution in [2.24, 2.45) is 0 Å². The Morgan fingerprint density at radius 1 is 0.821 bits per heavy atom. The Hall–Kier alpha value is -3.61. The van der Waals surface area contributed by atoms with Crippen LogP contribution >= 0.6 is 0 Å². The highest BCUT2D eigenvalue weighted by atomic mass is 19.1. The molecular formula is C21H15FN2O4. The number of fused-ring (bicyclic) bond motifs is 2. The zero-order valence-corrected chi connectivity index (χ0v) is 14.9. The van der Waals surface area contributed by atoms with Gasteiger partial charge in [0.2, 0.25) is 0 Å². The number of nitrogens with zero attached hydrogens (tertiary/aromatic N) is 2. The van der Waals surface area contributed by atoms with E-state index in [1.54, 1.807) is 24.3 Å². The lowest BCUT2D eigenvalue weighted by Gasteiger charge is -2.30. The molecule has 0 fully saturated rings. The van der Waals surface area contributed by atoms with E-state index < -0.39 is 36.3 Å². The molecule has 2 aromatic carbocycles. The smallest absolute Gasteiger partial charge is 0.265 e. The second-order valence-electron chi connectivity index (χ2n) is 6.40. The Kier molecular flexibility index (Phi) is 4.15. The third-order valence-electron chi connectivity index (χ3n) is 4.97. The number of alkyl halides is 1. The molecule has 6 nitrogen and oxygen atoms in total. The van der Waals surface area contributed by atoms with Gasteiger partial charge in [0.25, 0.3) is 23.6 Å². The van der Waals surface area contributed by atoms with Crippen molar-refractivity contribution in [1.29, 1.82) is 0 Å². The molecule has 0 aliphatic carbocycles. The predicted octanol–water partition coefficient (Wildman–Crippen LogP) is 2.82. The van der Waals surface area contributed by atoms with Gasteiger partial charge in [-0.05, 0) is 31.2 Å². The largest absolute Gasteiger partial charge is 0.269 e. The second-order valence-corrected chi connectivity index (χ2v) is 6.40. The Morgan fingerprint density at radius 3 is 1.57 bits per heavy atom. The first-order valence-corrected chi connectivity index (χ1v) is 8.68. The molecule has 0 N–H and O–H groups in total. The van der Waals surface area contributed by atoms with Crippen molar-refractivity contribution in [3.63, 3.8) is 0 Å². The van der Waals surface area contributed by atoms with Crippen LogP contribution in [0.4, 0.5) is 4.39 Å². The third-order valence-corrected chi connectivity index (χ3v) is 4.97. The fourth-order valence-corrected chi connectivity index (χ4v) is 3.67. The average molecular weight is 378 g/mol. The van der Waals surface area contributed by atoms with E-state index in [2.05, 4.69) is 0 Å². The number of halogens is 1. The predicted molar refractivity (Wildman–Crippen MR) is 97.4 cm³/mol. The first kappa shape index (κ1) is 17.8. The molecular weight excluding hydrogens is 363 g/mol. The van der Waals surface area contributed by atoms with Gasteiger partial charge in [0.05, 0.1) is 28.0 Å². The van der Waals surface area contributed by atoms with E-state index in [1.165, 1.54) is 37.3 Å². The van der Waals surface area contributed by atoms with Crippen LogP contribution in [0, 0.1) is 0 Å². The number of rotatable bonds is 4. The summed E-state index contributed by atoms with van der Waals surface area (Å²) in [5.41, 5.74) is 0.703. The summed E-state index contributed by atoms with van der Waals surface area (Å²) in [7, 11) is 0. The van der Waals surface area contributed by atoms with Crippen molar-refractivity contribution in [3.05, 3.63) is 82.6 Å². The molecule has 0 saturated carbocycles. The van der Waals surface area contributed by atoms with Gasteiger partial charge in [0.1, 0.15) is 12.7 Å². The molecule has 0 saturated heterocycles. The number of hydrogen-bond acceptors (Lipinski definition) is 4. The van der Waals surface area contributed by atoms with Gasteiger partial charge in [-0.15, -0.1) is 0 Å². The minimum absolute atomic E-state index is 0.0387. The van der Waals surface area contributed by atoms with Gasteiger partial charge < -0.3 is 0 Å². The van der Waals surface area contributed by atoms with E-state index in [0.29, 0.717) is 0 Å². The summed E-state index contributed by atoms with van der Waals surface area (Å²) in [5.74, 6) is -2.52. The fourth-order valence-electron chi connectivity index (χ4n) is 3.67. The Labute approximate surface area is 159 Å². The Bertz CT molecular complexity index is 1010. The molecule has 0 spiro atoms. The highest BCUT2D eigenvalue weighted by molar-refractivity contribution is 6.24. The van der Waals surface area contributed by atoms with Crippen molar-refractivity contribution in [2.45, 2.75) is 13.0 Å². The summed E-state index contributed by atoms with van der Waals surface area (Å²) < 4.78 is 14.1. The molecule has 2 heterocycles. The molecule has 4 rings (SSSR count). The van der Waals surface area contributed by atoms with Crippen molar-refractivity contribution in [2.75, 3.05) is 6.67 Å². The number of benzene rings is 2. The minimum atomic E-state index is -1.39. The fraction of sp³-hybridized carbons (Fsp3) is 0.143. The van der Waals surface area contributed by atoms with Crippen LogP contribution in [-0.2, 0) is 0 Å². The molecule has 0 radical (unpaired) electrons. The van der Waals surface area contributed by atoms with Crippen molar-refractivity contribution in [3.8, 4) is 0 Å². The topological polar surface area (TPSA) is 74.8 Å². The monoisotopic (exact) mass is 378 g/mol. The highest BCUT2D eigenvalue weighted by Crippen LogP contribution is 2.32. The van der Waals surface area contributed by atoms with Crippen molar-refractivity contribution < 1.29 is 23.6 Å². The van der Waals surface area contributed by atoms with Crippen LogP contribution in [0.3, 0.4) is 0 Å². The van der Waals surface area contributed by atoms with Gasteiger partial charge in [0, 0.05) is 0 Å². The lowest BCUT2D eigenvalue weighted by atomic mass is 10.1. The van der Waals surface area contributed by atoms with Gasteiger partial charge in [-0.3, -0.25) is 24.1 Å². The summed E-state index contributed by atoms with van der Waals surface area (Å²) in [6.45, 7) is 0.401. The van der Waals surface area contributed by atoms with Crippen LogP contribution < -0.4 is 0 Å². The van der Waals surface area contributed by atoms with E-state index in [0.717, 1.165) is 9.80 Å². The maximum absolute atomic E-state index is 14.1. The van der Waals surface area contributed by atoms with E-state index in [1.807, 2.05) is 0 Å². The second kappa shape index (κ2) is 6.53. The Balaban J connectivity index is 1.75. The average Bonchev–Trinajstić information content (AvgIpc) is 3.12. The molecule has 140 valence electrons. The molecule has 1 unspecified atom stereocenters. The normalized spacial score (nSPS) is 17.3. The van der Waals surface area contributed by atoms with Gasteiger partial charge in [-0.1, -0.05) is 30.3 Å². The molecule has 2 aliphatic heterocycles. The maximum atomic E-state index is 14.1. The van der Waals surface area contributed by atoms with E-state index in [-0.39, 0.29) is 28.0 Å². The number of allylic oxidation sites excluding steroid dienone is 1. The zero-order valence-electron chi connectivity index (χ0n) is 14.9. The molecule has 0 bridgehead atoms. The van der Waals surface area contributed by atoms with Crippen LogP contribution in [0.25, 0.3) is 0 Å². The van der Waals surface area contributed by atoms with Crippen molar-refractivity contribution in [1.82, 2.24) is 9.80 Å². The Morgan fingerprint density at radius 2 is 1.21 bits per heavy atom. The number of amides is 4. The summed E-state index contributed by atoms with van der Waals surface area (Å²) in [4.78, 5) is 52.7. The number of carbonyl (C=O) groups excluding carboxylic acids is 4. The molecule has 28 heavy (non-hydrogen) atoms. The SMILES string of the molecule is CC=C(C(CF)N1C(=O)c2ccccc2C1=O)N1C(=O)c2ccccc2C1=O. The highest BCUT2D eigenvalue weighted by Gasteiger charge is 2.46. The van der Waals surface area contributed by atoms with Crippen LogP contribution in [0.5, 0.6) is 0 Å². The lowest BCUT2D eigenvalue weighted by Crippen LogP contribution is -2.47. The molecule has 2 aliphatic rings. The van der Waals surface area contributed by atoms with Crippen LogP contribution in [0.2, 0.25) is 0 Å². The minimum Gasteiger partial charge on any atom is -0.269 e. The first-order chi connectivity index (χ1) is 13.5. The zero-order chi connectivity index (χ0) is 20.0. The number of imide groups is 2.